The molecule has 0 aliphatic carbocycles. The summed E-state index contributed by atoms with van der Waals surface area (Å²) in [6.07, 6.45) is 76.1. The van der Waals surface area contributed by atoms with Crippen LogP contribution in [0.3, 0.4) is 0 Å². The van der Waals surface area contributed by atoms with E-state index in [1.165, 1.54) is 70.6 Å². The zero-order chi connectivity index (χ0) is 49.3. The van der Waals surface area contributed by atoms with E-state index in [4.69, 9.17) is 14.2 Å². The first-order chi connectivity index (χ1) is 33.5. The Morgan fingerprint density at radius 3 is 1.00 bits per heavy atom. The number of ether oxygens (including phenoxy) is 3. The summed E-state index contributed by atoms with van der Waals surface area (Å²) in [6.45, 7) is 6.24. The van der Waals surface area contributed by atoms with Gasteiger partial charge in [0, 0.05) is 19.3 Å². The number of rotatable bonds is 48. The van der Waals surface area contributed by atoms with Crippen LogP contribution < -0.4 is 0 Å². The van der Waals surface area contributed by atoms with E-state index in [2.05, 4.69) is 142 Å². The predicted molar refractivity (Wildman–Crippen MR) is 293 cm³/mol. The third kappa shape index (κ3) is 52.8. The first kappa shape index (κ1) is 63.8. The van der Waals surface area contributed by atoms with Crippen LogP contribution in [0.25, 0.3) is 0 Å². The van der Waals surface area contributed by atoms with Gasteiger partial charge in [0.05, 0.1) is 0 Å². The SMILES string of the molecule is CC\C=C/C=C\C=C/CCCCCCCCCC(=O)OCC(COC(=O)CCCCCCCCCCC/C=C\C/C=C\C/C=C\CC)OC(=O)CCCCC/C=C\C/C=C\C/C=C\C/C=C\CC. The lowest BCUT2D eigenvalue weighted by Gasteiger charge is -2.18. The van der Waals surface area contributed by atoms with Gasteiger partial charge in [0.15, 0.2) is 6.10 Å². The molecular weight excluding hydrogens is 841 g/mol. The molecule has 0 spiro atoms. The molecule has 0 aliphatic heterocycles. The van der Waals surface area contributed by atoms with Crippen LogP contribution in [0.2, 0.25) is 0 Å². The topological polar surface area (TPSA) is 78.9 Å². The molecule has 1 unspecified atom stereocenters. The number of carbonyl (C=O) groups is 3. The zero-order valence-corrected chi connectivity index (χ0v) is 43.8. The summed E-state index contributed by atoms with van der Waals surface area (Å²) in [5, 5.41) is 0. The molecular formula is C62H100O6. The van der Waals surface area contributed by atoms with Crippen molar-refractivity contribution in [1.29, 1.82) is 0 Å². The monoisotopic (exact) mass is 941 g/mol. The highest BCUT2D eigenvalue weighted by Gasteiger charge is 2.19. The van der Waals surface area contributed by atoms with Gasteiger partial charge in [-0.3, -0.25) is 14.4 Å². The van der Waals surface area contributed by atoms with Crippen LogP contribution in [0.1, 0.15) is 233 Å². The van der Waals surface area contributed by atoms with E-state index in [0.29, 0.717) is 12.8 Å². The van der Waals surface area contributed by atoms with Crippen LogP contribution in [-0.4, -0.2) is 37.2 Å². The Hall–Kier alpha value is -4.19. The average Bonchev–Trinajstić information content (AvgIpc) is 3.34. The molecule has 1 atom stereocenters. The normalized spacial score (nSPS) is 13.0. The van der Waals surface area contributed by atoms with Gasteiger partial charge in [0.25, 0.3) is 0 Å². The molecule has 0 amide bonds. The molecule has 0 aliphatic rings. The van der Waals surface area contributed by atoms with E-state index in [-0.39, 0.29) is 37.5 Å². The number of allylic oxidation sites excluding steroid dienone is 20. The number of hydrogen-bond donors (Lipinski definition) is 0. The molecule has 0 rings (SSSR count). The molecule has 0 aromatic carbocycles. The molecule has 0 saturated carbocycles. The minimum absolute atomic E-state index is 0.101. The maximum Gasteiger partial charge on any atom is 0.306 e. The molecule has 384 valence electrons. The summed E-state index contributed by atoms with van der Waals surface area (Å²) in [5.41, 5.74) is 0. The summed E-state index contributed by atoms with van der Waals surface area (Å²) < 4.78 is 16.8. The Morgan fingerprint density at radius 1 is 0.309 bits per heavy atom. The molecule has 0 saturated heterocycles. The van der Waals surface area contributed by atoms with E-state index in [9.17, 15) is 14.4 Å². The Balaban J connectivity index is 4.46. The molecule has 0 heterocycles. The summed E-state index contributed by atoms with van der Waals surface area (Å²) >= 11 is 0. The fourth-order valence-corrected chi connectivity index (χ4v) is 7.21. The van der Waals surface area contributed by atoms with Gasteiger partial charge < -0.3 is 14.2 Å². The third-order valence-corrected chi connectivity index (χ3v) is 11.3. The van der Waals surface area contributed by atoms with E-state index in [0.717, 1.165) is 122 Å². The largest absolute Gasteiger partial charge is 0.462 e. The van der Waals surface area contributed by atoms with E-state index >= 15 is 0 Å². The van der Waals surface area contributed by atoms with Crippen LogP contribution in [-0.2, 0) is 28.6 Å². The first-order valence-electron chi connectivity index (χ1n) is 27.6. The van der Waals surface area contributed by atoms with Gasteiger partial charge in [0.2, 0.25) is 0 Å². The number of esters is 3. The van der Waals surface area contributed by atoms with Gasteiger partial charge in [-0.25, -0.2) is 0 Å². The van der Waals surface area contributed by atoms with Gasteiger partial charge in [0.1, 0.15) is 13.2 Å². The van der Waals surface area contributed by atoms with Crippen molar-refractivity contribution >= 4 is 17.9 Å². The van der Waals surface area contributed by atoms with Crippen molar-refractivity contribution in [3.63, 3.8) is 0 Å². The van der Waals surface area contributed by atoms with E-state index < -0.39 is 6.10 Å². The van der Waals surface area contributed by atoms with Crippen molar-refractivity contribution in [3.05, 3.63) is 122 Å². The minimum atomic E-state index is -0.806. The molecule has 0 bridgehead atoms. The smallest absolute Gasteiger partial charge is 0.306 e. The van der Waals surface area contributed by atoms with Crippen LogP contribution in [0.15, 0.2) is 122 Å². The van der Waals surface area contributed by atoms with Gasteiger partial charge in [-0.1, -0.05) is 226 Å². The highest BCUT2D eigenvalue weighted by molar-refractivity contribution is 5.71. The Kier molecular flexibility index (Phi) is 52.0. The van der Waals surface area contributed by atoms with E-state index in [1.54, 1.807) is 0 Å². The zero-order valence-electron chi connectivity index (χ0n) is 43.8. The second kappa shape index (κ2) is 55.4. The quantitative estimate of drug-likeness (QED) is 0.0199. The first-order valence-corrected chi connectivity index (χ1v) is 27.6. The van der Waals surface area contributed by atoms with Crippen molar-refractivity contribution in [2.75, 3.05) is 13.2 Å². The fraction of sp³-hybridized carbons (Fsp3) is 0.629. The van der Waals surface area contributed by atoms with Crippen LogP contribution in [0.5, 0.6) is 0 Å². The third-order valence-electron chi connectivity index (χ3n) is 11.3. The molecule has 0 fully saturated rings. The maximum absolute atomic E-state index is 12.8. The summed E-state index contributed by atoms with van der Waals surface area (Å²) in [5.74, 6) is -0.953. The van der Waals surface area contributed by atoms with Crippen molar-refractivity contribution in [2.24, 2.45) is 0 Å². The van der Waals surface area contributed by atoms with Crippen molar-refractivity contribution in [2.45, 2.75) is 239 Å². The standard InChI is InChI=1S/C62H100O6/c1-4-7-10-13-16-19-22-25-28-30-31-32-35-37-40-43-46-49-52-55-61(64)67-58-59(57-66-60(63)54-51-48-45-42-39-36-33-27-24-21-18-15-12-9-6-3)68-62(65)56-53-50-47-44-41-38-34-29-26-23-20-17-14-11-8-5-2/h7-12,15-21,24-26,28-29,38,41,59H,4-6,13-14,22-23,27,30-37,39-40,42-58H2,1-3H3/b10-7-,11-8-,12-9-,18-15-,19-16-,20-17-,24-21-,28-25-,29-26-,41-38-. The number of carbonyl (C=O) groups excluding carboxylic acids is 3. The minimum Gasteiger partial charge on any atom is -0.462 e. The molecule has 0 N–H and O–H groups in total. The summed E-state index contributed by atoms with van der Waals surface area (Å²) in [7, 11) is 0. The second-order valence-electron chi connectivity index (χ2n) is 17.8. The van der Waals surface area contributed by atoms with Crippen molar-refractivity contribution in [1.82, 2.24) is 0 Å². The van der Waals surface area contributed by atoms with Crippen LogP contribution >= 0.6 is 0 Å². The highest BCUT2D eigenvalue weighted by atomic mass is 16.6. The lowest BCUT2D eigenvalue weighted by atomic mass is 10.1. The molecule has 68 heavy (non-hydrogen) atoms. The molecule has 0 aromatic heterocycles. The van der Waals surface area contributed by atoms with Crippen LogP contribution in [0.4, 0.5) is 0 Å². The summed E-state index contributed by atoms with van der Waals surface area (Å²) in [6, 6.07) is 0. The molecule has 6 heteroatoms. The summed E-state index contributed by atoms with van der Waals surface area (Å²) in [4.78, 5) is 38.1. The molecule has 0 aromatic rings. The fourth-order valence-electron chi connectivity index (χ4n) is 7.21. The van der Waals surface area contributed by atoms with Gasteiger partial charge in [-0.15, -0.1) is 0 Å². The van der Waals surface area contributed by atoms with Crippen LogP contribution in [0, 0.1) is 0 Å². The number of hydrogen-bond acceptors (Lipinski definition) is 6. The average molecular weight is 941 g/mol. The highest BCUT2D eigenvalue weighted by Crippen LogP contribution is 2.14. The van der Waals surface area contributed by atoms with Crippen molar-refractivity contribution in [3.8, 4) is 0 Å². The molecule has 0 radical (unpaired) electrons. The number of unbranched alkanes of at least 4 members (excludes halogenated alkanes) is 19. The predicted octanol–water partition coefficient (Wildman–Crippen LogP) is 18.5. The maximum atomic E-state index is 12.8. The van der Waals surface area contributed by atoms with Gasteiger partial charge >= 0.3 is 17.9 Å². The van der Waals surface area contributed by atoms with Crippen molar-refractivity contribution < 1.29 is 28.6 Å². The van der Waals surface area contributed by atoms with Gasteiger partial charge in [-0.05, 0) is 109 Å². The lowest BCUT2D eigenvalue weighted by molar-refractivity contribution is -0.167. The Labute approximate surface area is 418 Å². The lowest BCUT2D eigenvalue weighted by Crippen LogP contribution is -2.30. The molecule has 6 nitrogen and oxygen atoms in total. The Morgan fingerprint density at radius 2 is 0.603 bits per heavy atom. The Bertz CT molecular complexity index is 1450. The van der Waals surface area contributed by atoms with E-state index in [1.807, 2.05) is 0 Å². The second-order valence-corrected chi connectivity index (χ2v) is 17.8. The van der Waals surface area contributed by atoms with Gasteiger partial charge in [-0.2, -0.15) is 0 Å².